The van der Waals surface area contributed by atoms with E-state index in [1.807, 2.05) is 60.7 Å². The Balaban J connectivity index is 1.46. The summed E-state index contributed by atoms with van der Waals surface area (Å²) in [7, 11) is 2.11. The van der Waals surface area contributed by atoms with Crippen LogP contribution in [0, 0.1) is 0 Å². The number of likely N-dealkylation sites (N-methyl/N-ethyl adjacent to an activating group) is 1. The van der Waals surface area contributed by atoms with Gasteiger partial charge in [-0.25, -0.2) is 0 Å². The van der Waals surface area contributed by atoms with Crippen LogP contribution in [0.2, 0.25) is 0 Å². The molecule has 2 aliphatic rings. The minimum atomic E-state index is -0.170. The highest BCUT2D eigenvalue weighted by molar-refractivity contribution is 8.18. The van der Waals surface area contributed by atoms with E-state index in [4.69, 9.17) is 4.74 Å². The van der Waals surface area contributed by atoms with Crippen LogP contribution in [0.1, 0.15) is 11.1 Å². The molecule has 0 atom stereocenters. The van der Waals surface area contributed by atoms with Crippen molar-refractivity contribution in [3.05, 3.63) is 70.6 Å². The second kappa shape index (κ2) is 8.63. The van der Waals surface area contributed by atoms with Gasteiger partial charge in [-0.15, -0.1) is 0 Å². The lowest BCUT2D eigenvalue weighted by Gasteiger charge is -2.32. The van der Waals surface area contributed by atoms with Crippen LogP contribution in [-0.2, 0) is 11.4 Å². The van der Waals surface area contributed by atoms with E-state index in [1.165, 1.54) is 11.8 Å². The highest BCUT2D eigenvalue weighted by atomic mass is 32.2. The Hall–Kier alpha value is -2.57. The molecule has 0 unspecified atom stereocenters. The fraction of sp³-hybridized carbons (Fsp3) is 0.273. The first-order chi connectivity index (χ1) is 13.7. The zero-order valence-electron chi connectivity index (χ0n) is 15.9. The van der Waals surface area contributed by atoms with Gasteiger partial charge < -0.3 is 14.5 Å². The van der Waals surface area contributed by atoms with Crippen molar-refractivity contribution in [2.45, 2.75) is 6.61 Å². The predicted molar refractivity (Wildman–Crippen MR) is 114 cm³/mol. The van der Waals surface area contributed by atoms with E-state index in [0.717, 1.165) is 48.2 Å². The maximum Gasteiger partial charge on any atom is 0.286 e. The molecule has 0 spiro atoms. The largest absolute Gasteiger partial charge is 0.488 e. The number of hydrogen-bond acceptors (Lipinski definition) is 5. The summed E-state index contributed by atoms with van der Waals surface area (Å²) >= 11 is 1.46. The van der Waals surface area contributed by atoms with Gasteiger partial charge in [0.05, 0.1) is 4.91 Å². The third-order valence-electron chi connectivity index (χ3n) is 4.83. The van der Waals surface area contributed by atoms with E-state index in [2.05, 4.69) is 21.8 Å². The number of aliphatic imine (C=N–C) groups is 1. The van der Waals surface area contributed by atoms with Gasteiger partial charge in [0.15, 0.2) is 5.17 Å². The highest BCUT2D eigenvalue weighted by Crippen LogP contribution is 2.32. The number of carbonyl (C=O) groups excluding carboxylic acids is 1. The Bertz CT molecular complexity index is 903. The standard InChI is InChI=1S/C22H23N3O2S/c1-24-11-13-25(14-12-24)22-23-21(26)20(28-22)15-18-9-5-6-10-19(18)27-16-17-7-3-2-4-8-17/h2-10,15H,11-14,16H2,1H3. The molecule has 2 aromatic rings. The van der Waals surface area contributed by atoms with E-state index in [9.17, 15) is 4.79 Å². The number of carbonyl (C=O) groups is 1. The molecule has 0 aromatic heterocycles. The van der Waals surface area contributed by atoms with E-state index in [0.29, 0.717) is 11.5 Å². The molecule has 2 heterocycles. The number of para-hydroxylation sites is 1. The lowest BCUT2D eigenvalue weighted by Crippen LogP contribution is -2.46. The van der Waals surface area contributed by atoms with Gasteiger partial charge in [-0.05, 0) is 36.5 Å². The molecule has 144 valence electrons. The third kappa shape index (κ3) is 4.46. The molecule has 0 bridgehead atoms. The number of thioether (sulfide) groups is 1. The Morgan fingerprint density at radius 1 is 1.04 bits per heavy atom. The van der Waals surface area contributed by atoms with Crippen molar-refractivity contribution >= 4 is 28.9 Å². The number of hydrogen-bond donors (Lipinski definition) is 0. The molecular weight excluding hydrogens is 370 g/mol. The summed E-state index contributed by atoms with van der Waals surface area (Å²) in [5, 5.41) is 0.812. The van der Waals surface area contributed by atoms with E-state index in [1.54, 1.807) is 0 Å². The molecule has 0 aliphatic carbocycles. The molecule has 1 fully saturated rings. The Kier molecular flexibility index (Phi) is 5.78. The second-order valence-electron chi connectivity index (χ2n) is 6.91. The van der Waals surface area contributed by atoms with E-state index >= 15 is 0 Å². The smallest absolute Gasteiger partial charge is 0.286 e. The number of amides is 1. The number of amidine groups is 1. The van der Waals surface area contributed by atoms with Crippen molar-refractivity contribution in [2.75, 3.05) is 33.2 Å². The van der Waals surface area contributed by atoms with Gasteiger partial charge in [0.2, 0.25) is 0 Å². The lowest BCUT2D eigenvalue weighted by molar-refractivity contribution is -0.113. The van der Waals surface area contributed by atoms with Crippen molar-refractivity contribution in [2.24, 2.45) is 4.99 Å². The zero-order chi connectivity index (χ0) is 19.3. The zero-order valence-corrected chi connectivity index (χ0v) is 16.7. The normalized spacial score (nSPS) is 19.2. The summed E-state index contributed by atoms with van der Waals surface area (Å²) < 4.78 is 6.01. The molecule has 0 N–H and O–H groups in total. The van der Waals surface area contributed by atoms with E-state index < -0.39 is 0 Å². The summed E-state index contributed by atoms with van der Waals surface area (Å²) in [5.74, 6) is 0.595. The van der Waals surface area contributed by atoms with Gasteiger partial charge in [-0.3, -0.25) is 4.79 Å². The van der Waals surface area contributed by atoms with Gasteiger partial charge in [0.25, 0.3) is 5.91 Å². The molecule has 5 nitrogen and oxygen atoms in total. The van der Waals surface area contributed by atoms with Crippen LogP contribution in [0.5, 0.6) is 5.75 Å². The summed E-state index contributed by atoms with van der Waals surface area (Å²) in [5.41, 5.74) is 2.00. The van der Waals surface area contributed by atoms with Crippen LogP contribution in [-0.4, -0.2) is 54.1 Å². The summed E-state index contributed by atoms with van der Waals surface area (Å²) in [6.45, 7) is 4.27. The van der Waals surface area contributed by atoms with Gasteiger partial charge in [-0.1, -0.05) is 48.5 Å². The van der Waals surface area contributed by atoms with Gasteiger partial charge in [0, 0.05) is 31.7 Å². The van der Waals surface area contributed by atoms with Crippen molar-refractivity contribution in [3.8, 4) is 5.75 Å². The Morgan fingerprint density at radius 2 is 1.75 bits per heavy atom. The molecule has 6 heteroatoms. The Labute approximate surface area is 169 Å². The highest BCUT2D eigenvalue weighted by Gasteiger charge is 2.28. The van der Waals surface area contributed by atoms with Crippen molar-refractivity contribution in [1.82, 2.24) is 9.80 Å². The monoisotopic (exact) mass is 393 g/mol. The maximum atomic E-state index is 12.4. The van der Waals surface area contributed by atoms with Gasteiger partial charge in [-0.2, -0.15) is 4.99 Å². The average molecular weight is 394 g/mol. The van der Waals surface area contributed by atoms with Crippen molar-refractivity contribution in [3.63, 3.8) is 0 Å². The first-order valence-electron chi connectivity index (χ1n) is 9.41. The van der Waals surface area contributed by atoms with Crippen LogP contribution < -0.4 is 4.74 Å². The Morgan fingerprint density at radius 3 is 2.54 bits per heavy atom. The molecule has 0 radical (unpaired) electrons. The third-order valence-corrected chi connectivity index (χ3v) is 5.87. The molecule has 4 rings (SSSR count). The number of nitrogens with zero attached hydrogens (tertiary/aromatic N) is 3. The van der Waals surface area contributed by atoms with Crippen LogP contribution >= 0.6 is 11.8 Å². The number of piperazine rings is 1. The number of ether oxygens (including phenoxy) is 1. The van der Waals surface area contributed by atoms with Crippen LogP contribution in [0.25, 0.3) is 6.08 Å². The second-order valence-corrected chi connectivity index (χ2v) is 7.92. The predicted octanol–water partition coefficient (Wildman–Crippen LogP) is 3.48. The maximum absolute atomic E-state index is 12.4. The number of benzene rings is 2. The van der Waals surface area contributed by atoms with Crippen molar-refractivity contribution in [1.29, 1.82) is 0 Å². The summed E-state index contributed by atoms with van der Waals surface area (Å²) in [4.78, 5) is 21.8. The molecule has 1 amide bonds. The average Bonchev–Trinajstić information content (AvgIpc) is 3.09. The SMILES string of the molecule is CN1CCN(C2=NC(=O)C(=Cc3ccccc3OCc3ccccc3)S2)CC1. The molecular formula is C22H23N3O2S. The molecule has 28 heavy (non-hydrogen) atoms. The topological polar surface area (TPSA) is 45.1 Å². The van der Waals surface area contributed by atoms with Crippen molar-refractivity contribution < 1.29 is 9.53 Å². The summed E-state index contributed by atoms with van der Waals surface area (Å²) in [6, 6.07) is 17.8. The molecule has 1 saturated heterocycles. The summed E-state index contributed by atoms with van der Waals surface area (Å²) in [6.07, 6.45) is 1.89. The minimum absolute atomic E-state index is 0.170. The van der Waals surface area contributed by atoms with Crippen LogP contribution in [0.4, 0.5) is 0 Å². The lowest BCUT2D eigenvalue weighted by atomic mass is 10.2. The quantitative estimate of drug-likeness (QED) is 0.744. The molecule has 2 aromatic carbocycles. The first-order valence-corrected chi connectivity index (χ1v) is 10.2. The first kappa shape index (κ1) is 18.8. The number of rotatable bonds is 4. The minimum Gasteiger partial charge on any atom is -0.488 e. The van der Waals surface area contributed by atoms with Crippen LogP contribution in [0.3, 0.4) is 0 Å². The molecule has 2 aliphatic heterocycles. The fourth-order valence-electron chi connectivity index (χ4n) is 3.14. The van der Waals surface area contributed by atoms with Gasteiger partial charge in [0.1, 0.15) is 12.4 Å². The van der Waals surface area contributed by atoms with E-state index in [-0.39, 0.29) is 5.91 Å². The van der Waals surface area contributed by atoms with Gasteiger partial charge >= 0.3 is 0 Å². The fourth-order valence-corrected chi connectivity index (χ4v) is 4.09. The molecule has 0 saturated carbocycles. The van der Waals surface area contributed by atoms with Crippen LogP contribution in [0.15, 0.2) is 64.5 Å².